The molecule has 0 saturated carbocycles. The van der Waals surface area contributed by atoms with Gasteiger partial charge in [-0.25, -0.2) is 0 Å². The molecule has 132 valence electrons. The van der Waals surface area contributed by atoms with E-state index in [1.807, 2.05) is 40.1 Å². The summed E-state index contributed by atoms with van der Waals surface area (Å²) in [4.78, 5) is 16.4. The van der Waals surface area contributed by atoms with Gasteiger partial charge in [-0.15, -0.1) is 0 Å². The topological polar surface area (TPSA) is 84.2 Å². The van der Waals surface area contributed by atoms with Gasteiger partial charge in [-0.2, -0.15) is 0 Å². The number of carbonyl (C=O) groups is 1. The van der Waals surface area contributed by atoms with Crippen LogP contribution in [0.2, 0.25) is 0 Å². The molecule has 3 N–H and O–H groups in total. The Hall–Kier alpha value is -1.47. The van der Waals surface area contributed by atoms with Crippen LogP contribution in [0.1, 0.15) is 23.2 Å². The van der Waals surface area contributed by atoms with Crippen LogP contribution in [-0.2, 0) is 0 Å². The van der Waals surface area contributed by atoms with Gasteiger partial charge >= 0.3 is 0 Å². The highest BCUT2D eigenvalue weighted by Crippen LogP contribution is 2.22. The van der Waals surface area contributed by atoms with Crippen LogP contribution in [0.5, 0.6) is 0 Å². The smallest absolute Gasteiger partial charge is 0.253 e. The van der Waals surface area contributed by atoms with Crippen molar-refractivity contribution in [2.75, 3.05) is 32.7 Å². The van der Waals surface area contributed by atoms with Crippen molar-refractivity contribution in [3.8, 4) is 0 Å². The summed E-state index contributed by atoms with van der Waals surface area (Å²) >= 11 is 0. The number of rotatable bonds is 3. The summed E-state index contributed by atoms with van der Waals surface area (Å²) in [5, 5.41) is 29.2. The van der Waals surface area contributed by atoms with Crippen molar-refractivity contribution in [3.05, 3.63) is 35.9 Å². The average Bonchev–Trinajstić information content (AvgIpc) is 2.60. The molecule has 2 heterocycles. The zero-order valence-corrected chi connectivity index (χ0v) is 13.8. The molecule has 2 fully saturated rings. The first-order valence-corrected chi connectivity index (χ1v) is 8.65. The third-order valence-corrected chi connectivity index (χ3v) is 5.12. The van der Waals surface area contributed by atoms with Gasteiger partial charge < -0.3 is 20.2 Å². The lowest BCUT2D eigenvalue weighted by molar-refractivity contribution is -0.112. The maximum absolute atomic E-state index is 12.4. The average molecular weight is 334 g/mol. The number of benzene rings is 1. The summed E-state index contributed by atoms with van der Waals surface area (Å²) < 4.78 is 0. The lowest BCUT2D eigenvalue weighted by atomic mass is 9.93. The molecule has 0 bridgehead atoms. The van der Waals surface area contributed by atoms with E-state index in [9.17, 15) is 20.1 Å². The van der Waals surface area contributed by atoms with Gasteiger partial charge in [-0.3, -0.25) is 9.69 Å². The second kappa shape index (κ2) is 7.61. The Bertz CT molecular complexity index is 533. The molecule has 2 saturated heterocycles. The molecule has 2 aliphatic rings. The Morgan fingerprint density at radius 2 is 1.58 bits per heavy atom. The zero-order chi connectivity index (χ0) is 17.1. The van der Waals surface area contributed by atoms with Crippen LogP contribution >= 0.6 is 0 Å². The van der Waals surface area contributed by atoms with Crippen molar-refractivity contribution in [2.24, 2.45) is 5.92 Å². The number of nitrogens with zero attached hydrogens (tertiary/aromatic N) is 2. The third-order valence-electron chi connectivity index (χ3n) is 5.12. The van der Waals surface area contributed by atoms with Gasteiger partial charge in [0.2, 0.25) is 0 Å². The van der Waals surface area contributed by atoms with Gasteiger partial charge in [0.05, 0.1) is 12.2 Å². The minimum absolute atomic E-state index is 0.0842. The number of likely N-dealkylation sites (tertiary alicyclic amines) is 2. The number of aliphatic hydroxyl groups excluding tert-OH is 3. The van der Waals surface area contributed by atoms with E-state index < -0.39 is 18.3 Å². The van der Waals surface area contributed by atoms with Gasteiger partial charge in [0.1, 0.15) is 6.10 Å². The fourth-order valence-electron chi connectivity index (χ4n) is 3.67. The summed E-state index contributed by atoms with van der Waals surface area (Å²) in [6, 6.07) is 9.34. The number of piperidine rings is 2. The largest absolute Gasteiger partial charge is 0.389 e. The molecule has 0 spiro atoms. The number of β-amino-alcohol motifs (C(OH)–C–C–N with tert-alkyl or cyclic N) is 2. The van der Waals surface area contributed by atoms with Crippen molar-refractivity contribution < 1.29 is 20.1 Å². The maximum atomic E-state index is 12.4. The molecule has 0 aromatic heterocycles. The fourth-order valence-corrected chi connectivity index (χ4v) is 3.67. The standard InChI is InChI=1S/C18H26N2O4/c21-15-11-19(12-16(22)17(15)23)10-13-6-8-20(9-7-13)18(24)14-4-2-1-3-5-14/h1-5,13,15-17,21-23H,6-12H2/t15-,16+,17+. The third kappa shape index (κ3) is 3.95. The van der Waals surface area contributed by atoms with Crippen molar-refractivity contribution in [2.45, 2.75) is 31.2 Å². The molecule has 6 nitrogen and oxygen atoms in total. The fraction of sp³-hybridized carbons (Fsp3) is 0.611. The molecule has 24 heavy (non-hydrogen) atoms. The van der Waals surface area contributed by atoms with E-state index in [0.29, 0.717) is 19.0 Å². The number of carbonyl (C=O) groups excluding carboxylic acids is 1. The Labute approximate surface area is 142 Å². The molecule has 0 aliphatic carbocycles. The minimum atomic E-state index is -1.05. The highest BCUT2D eigenvalue weighted by atomic mass is 16.4. The van der Waals surface area contributed by atoms with E-state index in [1.165, 1.54) is 0 Å². The first kappa shape index (κ1) is 17.4. The summed E-state index contributed by atoms with van der Waals surface area (Å²) in [6.45, 7) is 3.04. The highest BCUT2D eigenvalue weighted by molar-refractivity contribution is 5.94. The Balaban J connectivity index is 1.48. The van der Waals surface area contributed by atoms with E-state index in [2.05, 4.69) is 0 Å². The molecule has 0 radical (unpaired) electrons. The number of aliphatic hydroxyl groups is 3. The van der Waals surface area contributed by atoms with E-state index in [-0.39, 0.29) is 5.91 Å². The normalized spacial score (nSPS) is 29.6. The lowest BCUT2D eigenvalue weighted by Gasteiger charge is -2.40. The monoisotopic (exact) mass is 334 g/mol. The molecule has 2 aliphatic heterocycles. The second-order valence-electron chi connectivity index (χ2n) is 6.95. The van der Waals surface area contributed by atoms with Crippen LogP contribution in [0.3, 0.4) is 0 Å². The highest BCUT2D eigenvalue weighted by Gasteiger charge is 2.34. The van der Waals surface area contributed by atoms with Crippen LogP contribution in [0, 0.1) is 5.92 Å². The number of hydrogen-bond acceptors (Lipinski definition) is 5. The van der Waals surface area contributed by atoms with Crippen LogP contribution < -0.4 is 0 Å². The molecule has 3 rings (SSSR count). The van der Waals surface area contributed by atoms with Crippen molar-refractivity contribution >= 4 is 5.91 Å². The summed E-state index contributed by atoms with van der Waals surface area (Å²) in [5.41, 5.74) is 0.729. The molecule has 6 heteroatoms. The molecule has 1 aromatic carbocycles. The van der Waals surface area contributed by atoms with Gasteiger partial charge in [-0.1, -0.05) is 18.2 Å². The van der Waals surface area contributed by atoms with E-state index in [4.69, 9.17) is 0 Å². The van der Waals surface area contributed by atoms with Gasteiger partial charge in [0.15, 0.2) is 0 Å². The summed E-state index contributed by atoms with van der Waals surface area (Å²) in [5.74, 6) is 0.528. The lowest BCUT2D eigenvalue weighted by Crippen LogP contribution is -2.56. The van der Waals surface area contributed by atoms with Crippen molar-refractivity contribution in [1.82, 2.24) is 9.80 Å². The SMILES string of the molecule is O=C(c1ccccc1)N1CCC(CN2C[C@@H](O)[C@H](O)[C@@H](O)C2)CC1. The van der Waals surface area contributed by atoms with Crippen LogP contribution in [0.15, 0.2) is 30.3 Å². The van der Waals surface area contributed by atoms with Gasteiger partial charge in [-0.05, 0) is 30.9 Å². The number of hydrogen-bond donors (Lipinski definition) is 3. The Kier molecular flexibility index (Phi) is 5.50. The quantitative estimate of drug-likeness (QED) is 0.721. The minimum Gasteiger partial charge on any atom is -0.389 e. The first-order chi connectivity index (χ1) is 11.5. The van der Waals surface area contributed by atoms with Gasteiger partial charge in [0, 0.05) is 38.3 Å². The van der Waals surface area contributed by atoms with Crippen molar-refractivity contribution in [1.29, 1.82) is 0 Å². The first-order valence-electron chi connectivity index (χ1n) is 8.65. The molecule has 3 atom stereocenters. The van der Waals surface area contributed by atoms with Crippen LogP contribution in [0.4, 0.5) is 0 Å². The maximum Gasteiger partial charge on any atom is 0.253 e. The molecule has 0 unspecified atom stereocenters. The van der Waals surface area contributed by atoms with Gasteiger partial charge in [0.25, 0.3) is 5.91 Å². The van der Waals surface area contributed by atoms with E-state index in [1.54, 1.807) is 0 Å². The Morgan fingerprint density at radius 1 is 1.00 bits per heavy atom. The molecular formula is C18H26N2O4. The zero-order valence-electron chi connectivity index (χ0n) is 13.8. The Morgan fingerprint density at radius 3 is 2.17 bits per heavy atom. The predicted octanol–water partition coefficient (Wildman–Crippen LogP) is -0.0629. The predicted molar refractivity (Wildman–Crippen MR) is 89.5 cm³/mol. The van der Waals surface area contributed by atoms with E-state index >= 15 is 0 Å². The number of amides is 1. The second-order valence-corrected chi connectivity index (χ2v) is 6.95. The molecule has 1 aromatic rings. The van der Waals surface area contributed by atoms with Crippen LogP contribution in [0.25, 0.3) is 0 Å². The summed E-state index contributed by atoms with van der Waals surface area (Å²) in [6.07, 6.45) is -0.998. The van der Waals surface area contributed by atoms with Crippen molar-refractivity contribution in [3.63, 3.8) is 0 Å². The van der Waals surface area contributed by atoms with E-state index in [0.717, 1.165) is 38.0 Å². The summed E-state index contributed by atoms with van der Waals surface area (Å²) in [7, 11) is 0. The molecule has 1 amide bonds. The van der Waals surface area contributed by atoms with Crippen LogP contribution in [-0.4, -0.2) is 82.1 Å². The molecular weight excluding hydrogens is 308 g/mol.